The quantitative estimate of drug-likeness (QED) is 0.817. The molecule has 0 saturated heterocycles. The molecule has 0 heterocycles. The van der Waals surface area contributed by atoms with E-state index in [0.717, 1.165) is 23.4 Å². The third kappa shape index (κ3) is 4.30. The van der Waals surface area contributed by atoms with Gasteiger partial charge in [0.25, 0.3) is 0 Å². The van der Waals surface area contributed by atoms with Gasteiger partial charge in [-0.3, -0.25) is 0 Å². The van der Waals surface area contributed by atoms with Gasteiger partial charge in [0.1, 0.15) is 0 Å². The average molecular weight is 253 g/mol. The molecule has 1 aromatic carbocycles. The smallest absolute Gasteiger partial charge is 0.335 e. The summed E-state index contributed by atoms with van der Waals surface area (Å²) in [4.78, 5) is 10.9. The van der Waals surface area contributed by atoms with Crippen molar-refractivity contribution >= 4 is 23.4 Å². The number of rotatable bonds is 6. The molecule has 0 aromatic heterocycles. The van der Waals surface area contributed by atoms with Gasteiger partial charge < -0.3 is 10.4 Å². The van der Waals surface area contributed by atoms with Crippen molar-refractivity contribution in [3.63, 3.8) is 0 Å². The molecule has 0 saturated carbocycles. The lowest BCUT2D eigenvalue weighted by Gasteiger charge is -2.15. The van der Waals surface area contributed by atoms with Gasteiger partial charge in [-0.2, -0.15) is 11.8 Å². The molecule has 0 fully saturated rings. The molecule has 1 aromatic rings. The van der Waals surface area contributed by atoms with Gasteiger partial charge in [0, 0.05) is 11.7 Å². The number of thioether (sulfide) groups is 1. The van der Waals surface area contributed by atoms with E-state index in [4.69, 9.17) is 5.11 Å². The second-order valence-electron chi connectivity index (χ2n) is 4.16. The highest BCUT2D eigenvalue weighted by atomic mass is 32.2. The summed E-state index contributed by atoms with van der Waals surface area (Å²) in [6.07, 6.45) is 3.19. The summed E-state index contributed by atoms with van der Waals surface area (Å²) in [7, 11) is 0. The van der Waals surface area contributed by atoms with Crippen molar-refractivity contribution in [3.05, 3.63) is 29.3 Å². The molecular formula is C13H19NO2S. The number of hydrogen-bond acceptors (Lipinski definition) is 3. The Balaban J connectivity index is 2.67. The van der Waals surface area contributed by atoms with E-state index < -0.39 is 5.97 Å². The second-order valence-corrected chi connectivity index (χ2v) is 5.15. The van der Waals surface area contributed by atoms with Crippen LogP contribution in [0.25, 0.3) is 0 Å². The first-order valence-electron chi connectivity index (χ1n) is 5.64. The Morgan fingerprint density at radius 1 is 1.53 bits per heavy atom. The molecule has 0 amide bonds. The number of carbonyl (C=O) groups is 1. The molecule has 3 nitrogen and oxygen atoms in total. The minimum Gasteiger partial charge on any atom is -0.478 e. The van der Waals surface area contributed by atoms with Crippen LogP contribution in [0.5, 0.6) is 0 Å². The van der Waals surface area contributed by atoms with Gasteiger partial charge in [0.05, 0.1) is 5.56 Å². The van der Waals surface area contributed by atoms with Gasteiger partial charge in [-0.1, -0.05) is 0 Å². The van der Waals surface area contributed by atoms with Crippen molar-refractivity contribution in [1.29, 1.82) is 0 Å². The summed E-state index contributed by atoms with van der Waals surface area (Å²) in [5.74, 6) is 0.255. The van der Waals surface area contributed by atoms with E-state index in [9.17, 15) is 4.79 Å². The predicted octanol–water partition coefficient (Wildman–Crippen LogP) is 3.25. The number of aromatic carboxylic acids is 1. The fourth-order valence-electron chi connectivity index (χ4n) is 1.64. The van der Waals surface area contributed by atoms with E-state index >= 15 is 0 Å². The highest BCUT2D eigenvalue weighted by molar-refractivity contribution is 7.98. The maximum absolute atomic E-state index is 10.9. The Labute approximate surface area is 107 Å². The molecule has 4 heteroatoms. The maximum atomic E-state index is 10.9. The van der Waals surface area contributed by atoms with E-state index in [1.807, 2.05) is 30.8 Å². The molecule has 0 aliphatic carbocycles. The van der Waals surface area contributed by atoms with Gasteiger partial charge >= 0.3 is 5.97 Å². The zero-order valence-electron chi connectivity index (χ0n) is 10.5. The third-order valence-corrected chi connectivity index (χ3v) is 3.27. The molecule has 0 bridgehead atoms. The molecule has 0 spiro atoms. The lowest BCUT2D eigenvalue weighted by atomic mass is 10.1. The highest BCUT2D eigenvalue weighted by Crippen LogP contribution is 2.17. The third-order valence-electron chi connectivity index (χ3n) is 2.62. The van der Waals surface area contributed by atoms with Crippen LogP contribution in [0.1, 0.15) is 29.3 Å². The van der Waals surface area contributed by atoms with Crippen molar-refractivity contribution in [1.82, 2.24) is 0 Å². The Morgan fingerprint density at radius 2 is 2.24 bits per heavy atom. The largest absolute Gasteiger partial charge is 0.478 e. The van der Waals surface area contributed by atoms with Gasteiger partial charge in [0.2, 0.25) is 0 Å². The fourth-order valence-corrected chi connectivity index (χ4v) is 2.23. The average Bonchev–Trinajstić information content (AvgIpc) is 2.26. The van der Waals surface area contributed by atoms with Crippen molar-refractivity contribution in [3.8, 4) is 0 Å². The predicted molar refractivity (Wildman–Crippen MR) is 74.2 cm³/mol. The summed E-state index contributed by atoms with van der Waals surface area (Å²) in [6, 6.07) is 5.77. The molecule has 2 N–H and O–H groups in total. The van der Waals surface area contributed by atoms with E-state index in [2.05, 4.69) is 18.5 Å². The number of aryl methyl sites for hydroxylation is 1. The number of benzene rings is 1. The molecule has 1 rings (SSSR count). The SMILES string of the molecule is CSCCC(C)Nc1ccc(C(=O)O)c(C)c1. The van der Waals surface area contributed by atoms with Crippen molar-refractivity contribution < 1.29 is 9.90 Å². The number of carboxylic acid groups (broad SMARTS) is 1. The molecule has 0 aliphatic heterocycles. The number of carboxylic acids is 1. The maximum Gasteiger partial charge on any atom is 0.335 e. The van der Waals surface area contributed by atoms with Gasteiger partial charge in [-0.05, 0) is 56.0 Å². The first kappa shape index (κ1) is 13.9. The lowest BCUT2D eigenvalue weighted by molar-refractivity contribution is 0.0696. The number of anilines is 1. The zero-order valence-corrected chi connectivity index (χ0v) is 11.3. The van der Waals surface area contributed by atoms with Gasteiger partial charge in [-0.25, -0.2) is 4.79 Å². The van der Waals surface area contributed by atoms with Crippen LogP contribution in [-0.4, -0.2) is 29.1 Å². The van der Waals surface area contributed by atoms with E-state index in [0.29, 0.717) is 11.6 Å². The monoisotopic (exact) mass is 253 g/mol. The van der Waals surface area contributed by atoms with Crippen LogP contribution >= 0.6 is 11.8 Å². The molecule has 1 atom stereocenters. The first-order chi connectivity index (χ1) is 8.04. The number of hydrogen-bond donors (Lipinski definition) is 2. The topological polar surface area (TPSA) is 49.3 Å². The second kappa shape index (κ2) is 6.55. The molecule has 1 unspecified atom stereocenters. The Morgan fingerprint density at radius 3 is 2.76 bits per heavy atom. The zero-order chi connectivity index (χ0) is 12.8. The summed E-state index contributed by atoms with van der Waals surface area (Å²) < 4.78 is 0. The standard InChI is InChI=1S/C13H19NO2S/c1-9-8-11(4-5-12(9)13(15)16)14-10(2)6-7-17-3/h4-5,8,10,14H,6-7H2,1-3H3,(H,15,16). The molecule has 94 valence electrons. The van der Waals surface area contributed by atoms with Crippen molar-refractivity contribution in [2.24, 2.45) is 0 Å². The van der Waals surface area contributed by atoms with Crippen LogP contribution in [0.3, 0.4) is 0 Å². The Hall–Kier alpha value is -1.16. The van der Waals surface area contributed by atoms with Crippen LogP contribution in [-0.2, 0) is 0 Å². The highest BCUT2D eigenvalue weighted by Gasteiger charge is 2.08. The summed E-state index contributed by atoms with van der Waals surface area (Å²) in [6.45, 7) is 3.96. The summed E-state index contributed by atoms with van der Waals surface area (Å²) in [5.41, 5.74) is 2.15. The van der Waals surface area contributed by atoms with Crippen molar-refractivity contribution in [2.45, 2.75) is 26.3 Å². The van der Waals surface area contributed by atoms with E-state index in [1.54, 1.807) is 6.07 Å². The van der Waals surface area contributed by atoms with Crippen LogP contribution in [0.2, 0.25) is 0 Å². The minimum atomic E-state index is -0.871. The lowest BCUT2D eigenvalue weighted by Crippen LogP contribution is -2.16. The van der Waals surface area contributed by atoms with Crippen LogP contribution in [0, 0.1) is 6.92 Å². The van der Waals surface area contributed by atoms with E-state index in [-0.39, 0.29) is 0 Å². The first-order valence-corrected chi connectivity index (χ1v) is 7.03. The molecule has 0 radical (unpaired) electrons. The van der Waals surface area contributed by atoms with Crippen molar-refractivity contribution in [2.75, 3.05) is 17.3 Å². The van der Waals surface area contributed by atoms with Gasteiger partial charge in [0.15, 0.2) is 0 Å². The summed E-state index contributed by atoms with van der Waals surface area (Å²) in [5, 5.41) is 12.3. The number of nitrogens with one attached hydrogen (secondary N) is 1. The van der Waals surface area contributed by atoms with Crippen LogP contribution in [0.15, 0.2) is 18.2 Å². The normalized spacial score (nSPS) is 12.2. The Bertz CT molecular complexity index is 393. The minimum absolute atomic E-state index is 0.368. The van der Waals surface area contributed by atoms with Crippen LogP contribution < -0.4 is 5.32 Å². The van der Waals surface area contributed by atoms with E-state index in [1.165, 1.54) is 0 Å². The molecule has 17 heavy (non-hydrogen) atoms. The summed E-state index contributed by atoms with van der Waals surface area (Å²) >= 11 is 1.83. The molecular weight excluding hydrogens is 234 g/mol. The fraction of sp³-hybridized carbons (Fsp3) is 0.462. The Kier molecular flexibility index (Phi) is 5.35. The van der Waals surface area contributed by atoms with Gasteiger partial charge in [-0.15, -0.1) is 0 Å². The van der Waals surface area contributed by atoms with Crippen LogP contribution in [0.4, 0.5) is 5.69 Å². The molecule has 0 aliphatic rings.